The van der Waals surface area contributed by atoms with Crippen molar-refractivity contribution in [2.24, 2.45) is 0 Å². The predicted molar refractivity (Wildman–Crippen MR) is 110 cm³/mol. The van der Waals surface area contributed by atoms with Gasteiger partial charge in [0, 0.05) is 34.8 Å². The summed E-state index contributed by atoms with van der Waals surface area (Å²) in [6.45, 7) is 3.73. The van der Waals surface area contributed by atoms with E-state index in [2.05, 4.69) is 15.1 Å². The number of halogens is 1. The average molecular weight is 420 g/mol. The number of non-ortho nitro benzene ring substituents is 1. The summed E-state index contributed by atoms with van der Waals surface area (Å²) < 4.78 is 15.0. The van der Waals surface area contributed by atoms with Gasteiger partial charge in [-0.05, 0) is 56.3 Å². The lowest BCUT2D eigenvalue weighted by Crippen LogP contribution is -2.31. The van der Waals surface area contributed by atoms with E-state index in [9.17, 15) is 19.3 Å². The van der Waals surface area contributed by atoms with Gasteiger partial charge in [0.15, 0.2) is 5.82 Å². The largest absolute Gasteiger partial charge is 0.301 e. The first-order valence-electron chi connectivity index (χ1n) is 9.33. The van der Waals surface area contributed by atoms with Gasteiger partial charge in [-0.2, -0.15) is 4.98 Å². The Kier molecular flexibility index (Phi) is 5.12. The SMILES string of the molecule is Cc1cc(C)n2nc(CN(C(=O)c3ccc([N+](=O)[O-])cc3)c3ccc(F)cc3)nc2n1. The quantitative estimate of drug-likeness (QED) is 0.360. The van der Waals surface area contributed by atoms with Crippen LogP contribution < -0.4 is 4.90 Å². The summed E-state index contributed by atoms with van der Waals surface area (Å²) in [5.41, 5.74) is 2.19. The average Bonchev–Trinajstić information content (AvgIpc) is 3.15. The van der Waals surface area contributed by atoms with Crippen LogP contribution in [0, 0.1) is 29.8 Å². The van der Waals surface area contributed by atoms with Crippen molar-refractivity contribution in [1.29, 1.82) is 0 Å². The van der Waals surface area contributed by atoms with Crippen LogP contribution in [0.3, 0.4) is 0 Å². The molecule has 0 aliphatic carbocycles. The molecule has 0 saturated carbocycles. The number of aromatic nitrogens is 4. The first kappa shape index (κ1) is 20.1. The summed E-state index contributed by atoms with van der Waals surface area (Å²) in [5, 5.41) is 15.3. The van der Waals surface area contributed by atoms with E-state index in [0.717, 1.165) is 11.4 Å². The molecule has 31 heavy (non-hydrogen) atoms. The van der Waals surface area contributed by atoms with Crippen LogP contribution in [0.25, 0.3) is 5.78 Å². The molecule has 2 aromatic carbocycles. The molecule has 156 valence electrons. The van der Waals surface area contributed by atoms with Crippen LogP contribution >= 0.6 is 0 Å². The van der Waals surface area contributed by atoms with Crippen LogP contribution in [0.5, 0.6) is 0 Å². The van der Waals surface area contributed by atoms with Gasteiger partial charge in [-0.1, -0.05) is 0 Å². The monoisotopic (exact) mass is 420 g/mol. The molecule has 0 aliphatic heterocycles. The highest BCUT2D eigenvalue weighted by Gasteiger charge is 2.22. The molecular formula is C21H17FN6O3. The topological polar surface area (TPSA) is 107 Å². The highest BCUT2D eigenvalue weighted by Crippen LogP contribution is 2.22. The van der Waals surface area contributed by atoms with Gasteiger partial charge in [0.05, 0.1) is 11.5 Å². The molecule has 2 heterocycles. The minimum absolute atomic E-state index is 0.00327. The smallest absolute Gasteiger partial charge is 0.269 e. The molecule has 0 N–H and O–H groups in total. The number of anilines is 1. The number of nitrogens with zero attached hydrogens (tertiary/aromatic N) is 6. The van der Waals surface area contributed by atoms with E-state index >= 15 is 0 Å². The Labute approximate surface area is 175 Å². The highest BCUT2D eigenvalue weighted by atomic mass is 19.1. The number of nitro groups is 1. The molecule has 0 aliphatic rings. The van der Waals surface area contributed by atoms with Crippen molar-refractivity contribution in [3.63, 3.8) is 0 Å². The van der Waals surface area contributed by atoms with Gasteiger partial charge in [-0.3, -0.25) is 14.9 Å². The number of aryl methyl sites for hydroxylation is 2. The van der Waals surface area contributed by atoms with Gasteiger partial charge in [-0.25, -0.2) is 13.9 Å². The maximum atomic E-state index is 13.4. The molecule has 2 aromatic heterocycles. The summed E-state index contributed by atoms with van der Waals surface area (Å²) >= 11 is 0. The molecule has 10 heteroatoms. The first-order valence-corrected chi connectivity index (χ1v) is 9.33. The lowest BCUT2D eigenvalue weighted by molar-refractivity contribution is -0.384. The Morgan fingerprint density at radius 2 is 1.77 bits per heavy atom. The third-order valence-corrected chi connectivity index (χ3v) is 4.67. The maximum Gasteiger partial charge on any atom is 0.269 e. The molecule has 0 spiro atoms. The molecule has 4 aromatic rings. The summed E-state index contributed by atoms with van der Waals surface area (Å²) in [7, 11) is 0. The molecule has 0 fully saturated rings. The molecule has 0 radical (unpaired) electrons. The van der Waals surface area contributed by atoms with Gasteiger partial charge in [0.2, 0.25) is 0 Å². The summed E-state index contributed by atoms with van der Waals surface area (Å²) in [4.78, 5) is 33.7. The third-order valence-electron chi connectivity index (χ3n) is 4.67. The van der Waals surface area contributed by atoms with Crippen molar-refractivity contribution < 1.29 is 14.1 Å². The molecular weight excluding hydrogens is 403 g/mol. The van der Waals surface area contributed by atoms with Crippen molar-refractivity contribution in [3.05, 3.63) is 93.3 Å². The molecule has 0 unspecified atom stereocenters. The molecule has 0 atom stereocenters. The molecule has 9 nitrogen and oxygen atoms in total. The second-order valence-electron chi connectivity index (χ2n) is 6.95. The Morgan fingerprint density at radius 3 is 2.42 bits per heavy atom. The number of hydrogen-bond acceptors (Lipinski definition) is 6. The van der Waals surface area contributed by atoms with E-state index in [4.69, 9.17) is 0 Å². The predicted octanol–water partition coefficient (Wildman–Crippen LogP) is 3.64. The number of benzene rings is 2. The normalized spacial score (nSPS) is 10.9. The zero-order chi connectivity index (χ0) is 22.1. The minimum Gasteiger partial charge on any atom is -0.301 e. The third kappa shape index (κ3) is 4.08. The van der Waals surface area contributed by atoms with Crippen molar-refractivity contribution in [2.45, 2.75) is 20.4 Å². The standard InChI is InChI=1S/C21H17FN6O3/c1-13-11-14(2)27-21(23-13)24-19(25-27)12-26(17-9-5-16(22)6-10-17)20(29)15-3-7-18(8-4-15)28(30)31/h3-11H,12H2,1-2H3. The summed E-state index contributed by atoms with van der Waals surface area (Å²) in [6, 6.07) is 12.6. The van der Waals surface area contributed by atoms with Crippen molar-refractivity contribution in [1.82, 2.24) is 19.6 Å². The van der Waals surface area contributed by atoms with Crippen molar-refractivity contribution in [2.75, 3.05) is 4.90 Å². The fraction of sp³-hybridized carbons (Fsp3) is 0.143. The fourth-order valence-electron chi connectivity index (χ4n) is 3.20. The number of rotatable bonds is 5. The second-order valence-corrected chi connectivity index (χ2v) is 6.95. The Morgan fingerprint density at radius 1 is 1.10 bits per heavy atom. The lowest BCUT2D eigenvalue weighted by atomic mass is 10.1. The Bertz CT molecular complexity index is 1290. The van der Waals surface area contributed by atoms with Crippen LogP contribution in [0.1, 0.15) is 27.6 Å². The van der Waals surface area contributed by atoms with Gasteiger partial charge in [-0.15, -0.1) is 5.10 Å². The molecule has 4 rings (SSSR count). The van der Waals surface area contributed by atoms with E-state index in [-0.39, 0.29) is 17.8 Å². The zero-order valence-corrected chi connectivity index (χ0v) is 16.7. The van der Waals surface area contributed by atoms with Crippen molar-refractivity contribution in [3.8, 4) is 0 Å². The van der Waals surface area contributed by atoms with E-state index in [1.54, 1.807) is 4.52 Å². The van der Waals surface area contributed by atoms with Gasteiger partial charge < -0.3 is 4.90 Å². The van der Waals surface area contributed by atoms with Crippen molar-refractivity contribution >= 4 is 23.1 Å². The zero-order valence-electron chi connectivity index (χ0n) is 16.7. The van der Waals surface area contributed by atoms with E-state index in [0.29, 0.717) is 17.3 Å². The number of amides is 1. The van der Waals surface area contributed by atoms with Gasteiger partial charge in [0.1, 0.15) is 5.82 Å². The Hall–Kier alpha value is -4.21. The maximum absolute atomic E-state index is 13.4. The summed E-state index contributed by atoms with van der Waals surface area (Å²) in [5.74, 6) is -0.107. The number of carbonyl (C=O) groups is 1. The summed E-state index contributed by atoms with van der Waals surface area (Å²) in [6.07, 6.45) is 0. The molecule has 1 amide bonds. The van der Waals surface area contributed by atoms with E-state index in [1.807, 2.05) is 19.9 Å². The molecule has 0 saturated heterocycles. The van der Waals surface area contributed by atoms with Gasteiger partial charge in [0.25, 0.3) is 17.4 Å². The fourth-order valence-corrected chi connectivity index (χ4v) is 3.20. The van der Waals surface area contributed by atoms with Gasteiger partial charge >= 0.3 is 0 Å². The van der Waals surface area contributed by atoms with E-state index in [1.165, 1.54) is 53.4 Å². The van der Waals surface area contributed by atoms with Crippen LogP contribution in [-0.4, -0.2) is 30.4 Å². The number of fused-ring (bicyclic) bond motifs is 1. The van der Waals surface area contributed by atoms with Crippen LogP contribution in [0.4, 0.5) is 15.8 Å². The highest BCUT2D eigenvalue weighted by molar-refractivity contribution is 6.06. The van der Waals surface area contributed by atoms with Crippen LogP contribution in [0.15, 0.2) is 54.6 Å². The first-order chi connectivity index (χ1) is 14.8. The van der Waals surface area contributed by atoms with Crippen LogP contribution in [-0.2, 0) is 6.54 Å². The van der Waals surface area contributed by atoms with Crippen LogP contribution in [0.2, 0.25) is 0 Å². The number of carbonyl (C=O) groups excluding carboxylic acids is 1. The number of nitro benzene ring substituents is 1. The Balaban J connectivity index is 1.72. The second kappa shape index (κ2) is 7.90. The lowest BCUT2D eigenvalue weighted by Gasteiger charge is -2.21. The van der Waals surface area contributed by atoms with E-state index < -0.39 is 16.6 Å². The molecule has 0 bridgehead atoms. The number of hydrogen-bond donors (Lipinski definition) is 0. The minimum atomic E-state index is -0.538.